The topological polar surface area (TPSA) is 32.5 Å². The molecule has 1 aromatic carbocycles. The average Bonchev–Trinajstić information content (AvgIpc) is 2.42. The summed E-state index contributed by atoms with van der Waals surface area (Å²) in [5.41, 5.74) is 7.56. The van der Waals surface area contributed by atoms with Crippen LogP contribution >= 0.6 is 0 Å². The molecule has 4 heteroatoms. The van der Waals surface area contributed by atoms with E-state index in [2.05, 4.69) is 16.7 Å². The molecule has 1 aromatic rings. The van der Waals surface area contributed by atoms with Gasteiger partial charge < -0.3 is 5.73 Å². The lowest BCUT2D eigenvalue weighted by atomic mass is 9.96. The van der Waals surface area contributed by atoms with E-state index >= 15 is 0 Å². The van der Waals surface area contributed by atoms with Crippen molar-refractivity contribution >= 4 is 5.69 Å². The summed E-state index contributed by atoms with van der Waals surface area (Å²) >= 11 is 0. The molecule has 0 spiro atoms. The van der Waals surface area contributed by atoms with Crippen LogP contribution in [-0.2, 0) is 6.54 Å². The molecule has 2 aliphatic rings. The molecule has 0 aromatic heterocycles. The Morgan fingerprint density at radius 1 is 1.30 bits per heavy atom. The smallest absolute Gasteiger partial charge is 0.125 e. The van der Waals surface area contributed by atoms with Gasteiger partial charge in [-0.2, -0.15) is 0 Å². The number of halogens is 1. The minimum atomic E-state index is -0.253. The number of benzene rings is 1. The molecule has 0 aliphatic carbocycles. The average molecular weight is 277 g/mol. The first-order valence-electron chi connectivity index (χ1n) is 7.65. The van der Waals surface area contributed by atoms with E-state index in [0.717, 1.165) is 25.2 Å². The minimum absolute atomic E-state index is 0.253. The van der Waals surface area contributed by atoms with E-state index in [1.165, 1.54) is 37.9 Å². The van der Waals surface area contributed by atoms with Crippen molar-refractivity contribution in [3.8, 4) is 0 Å². The monoisotopic (exact) mass is 277 g/mol. The van der Waals surface area contributed by atoms with Crippen LogP contribution in [0, 0.1) is 5.82 Å². The zero-order valence-electron chi connectivity index (χ0n) is 12.2. The molecular formula is C16H24FN3. The van der Waals surface area contributed by atoms with Gasteiger partial charge in [0, 0.05) is 37.4 Å². The summed E-state index contributed by atoms with van der Waals surface area (Å²) in [5, 5.41) is 0. The highest BCUT2D eigenvalue weighted by molar-refractivity contribution is 5.46. The van der Waals surface area contributed by atoms with Crippen LogP contribution in [0.4, 0.5) is 10.1 Å². The van der Waals surface area contributed by atoms with Gasteiger partial charge in [-0.3, -0.25) is 9.80 Å². The predicted octanol–water partition coefficient (Wildman–Crippen LogP) is 2.47. The lowest BCUT2D eigenvalue weighted by Crippen LogP contribution is -2.58. The van der Waals surface area contributed by atoms with Crippen molar-refractivity contribution in [2.24, 2.45) is 0 Å². The fourth-order valence-corrected chi connectivity index (χ4v) is 3.56. The second-order valence-electron chi connectivity index (χ2n) is 6.27. The molecule has 2 N–H and O–H groups in total. The first kappa shape index (κ1) is 13.8. The standard InChI is InChI=1S/C16H24FN3/c1-12-9-19-7-3-2-4-15(19)11-20(12)10-13-5-6-14(17)8-16(13)18/h5-6,8,12,15H,2-4,7,9-11,18H2,1H3. The summed E-state index contributed by atoms with van der Waals surface area (Å²) in [6.45, 7) is 6.62. The van der Waals surface area contributed by atoms with Gasteiger partial charge in [-0.15, -0.1) is 0 Å². The highest BCUT2D eigenvalue weighted by Gasteiger charge is 2.32. The number of nitrogens with zero attached hydrogens (tertiary/aromatic N) is 2. The number of piperazine rings is 1. The van der Waals surface area contributed by atoms with Crippen molar-refractivity contribution in [3.05, 3.63) is 29.6 Å². The van der Waals surface area contributed by atoms with Crippen LogP contribution in [0.1, 0.15) is 31.7 Å². The third kappa shape index (κ3) is 2.81. The highest BCUT2D eigenvalue weighted by Crippen LogP contribution is 2.26. The van der Waals surface area contributed by atoms with Crippen molar-refractivity contribution in [2.45, 2.75) is 44.8 Å². The van der Waals surface area contributed by atoms with E-state index in [0.29, 0.717) is 17.8 Å². The Morgan fingerprint density at radius 3 is 2.95 bits per heavy atom. The molecule has 20 heavy (non-hydrogen) atoms. The number of hydrogen-bond acceptors (Lipinski definition) is 3. The van der Waals surface area contributed by atoms with E-state index in [9.17, 15) is 4.39 Å². The Morgan fingerprint density at radius 2 is 2.15 bits per heavy atom. The maximum atomic E-state index is 13.1. The Hall–Kier alpha value is -1.13. The van der Waals surface area contributed by atoms with Gasteiger partial charge in [0.2, 0.25) is 0 Å². The quantitative estimate of drug-likeness (QED) is 0.843. The third-order valence-electron chi connectivity index (χ3n) is 4.80. The summed E-state index contributed by atoms with van der Waals surface area (Å²) in [5.74, 6) is -0.253. The van der Waals surface area contributed by atoms with Gasteiger partial charge >= 0.3 is 0 Å². The van der Waals surface area contributed by atoms with Crippen LogP contribution in [0.2, 0.25) is 0 Å². The summed E-state index contributed by atoms with van der Waals surface area (Å²) in [4.78, 5) is 5.13. The maximum absolute atomic E-state index is 13.1. The first-order valence-corrected chi connectivity index (χ1v) is 7.65. The van der Waals surface area contributed by atoms with Crippen molar-refractivity contribution < 1.29 is 4.39 Å². The molecule has 0 saturated carbocycles. The predicted molar refractivity (Wildman–Crippen MR) is 79.9 cm³/mol. The van der Waals surface area contributed by atoms with E-state index in [-0.39, 0.29) is 5.82 Å². The van der Waals surface area contributed by atoms with Crippen LogP contribution in [0.5, 0.6) is 0 Å². The van der Waals surface area contributed by atoms with Crippen LogP contribution in [0.3, 0.4) is 0 Å². The summed E-state index contributed by atoms with van der Waals surface area (Å²) in [6.07, 6.45) is 4.00. The number of anilines is 1. The van der Waals surface area contributed by atoms with Gasteiger partial charge in [0.1, 0.15) is 5.82 Å². The van der Waals surface area contributed by atoms with Crippen LogP contribution < -0.4 is 5.73 Å². The van der Waals surface area contributed by atoms with Gasteiger partial charge in [0.15, 0.2) is 0 Å². The molecule has 2 atom stereocenters. The van der Waals surface area contributed by atoms with Crippen molar-refractivity contribution in [1.82, 2.24) is 9.80 Å². The van der Waals surface area contributed by atoms with Crippen LogP contribution in [0.25, 0.3) is 0 Å². The van der Waals surface area contributed by atoms with Crippen molar-refractivity contribution in [1.29, 1.82) is 0 Å². The maximum Gasteiger partial charge on any atom is 0.125 e. The van der Waals surface area contributed by atoms with E-state index in [1.54, 1.807) is 0 Å². The normalized spacial score (nSPS) is 28.3. The third-order valence-corrected chi connectivity index (χ3v) is 4.80. The minimum Gasteiger partial charge on any atom is -0.398 e. The van der Waals surface area contributed by atoms with Gasteiger partial charge in [-0.1, -0.05) is 12.5 Å². The van der Waals surface area contributed by atoms with Crippen molar-refractivity contribution in [3.63, 3.8) is 0 Å². The Bertz CT molecular complexity index is 477. The molecular weight excluding hydrogens is 253 g/mol. The fourth-order valence-electron chi connectivity index (χ4n) is 3.56. The molecule has 0 bridgehead atoms. The fraction of sp³-hybridized carbons (Fsp3) is 0.625. The Kier molecular flexibility index (Phi) is 3.94. The SMILES string of the molecule is CC1CN2CCCCC2CN1Cc1ccc(F)cc1N. The molecule has 0 radical (unpaired) electrons. The largest absolute Gasteiger partial charge is 0.398 e. The second kappa shape index (κ2) is 5.70. The molecule has 2 heterocycles. The van der Waals surface area contributed by atoms with E-state index in [4.69, 9.17) is 5.73 Å². The van der Waals surface area contributed by atoms with Crippen LogP contribution in [-0.4, -0.2) is 41.5 Å². The van der Waals surface area contributed by atoms with E-state index < -0.39 is 0 Å². The molecule has 2 fully saturated rings. The molecule has 3 nitrogen and oxygen atoms in total. The Balaban J connectivity index is 1.70. The zero-order chi connectivity index (χ0) is 14.1. The second-order valence-corrected chi connectivity index (χ2v) is 6.27. The van der Waals surface area contributed by atoms with Gasteiger partial charge in [-0.05, 0) is 44.0 Å². The molecule has 110 valence electrons. The van der Waals surface area contributed by atoms with Gasteiger partial charge in [0.05, 0.1) is 0 Å². The number of rotatable bonds is 2. The molecule has 2 aliphatic heterocycles. The van der Waals surface area contributed by atoms with Crippen LogP contribution in [0.15, 0.2) is 18.2 Å². The summed E-state index contributed by atoms with van der Waals surface area (Å²) < 4.78 is 13.1. The lowest BCUT2D eigenvalue weighted by molar-refractivity contribution is 0.0112. The first-order chi connectivity index (χ1) is 9.63. The highest BCUT2D eigenvalue weighted by atomic mass is 19.1. The number of piperidine rings is 1. The lowest BCUT2D eigenvalue weighted by Gasteiger charge is -2.47. The molecule has 0 amide bonds. The summed E-state index contributed by atoms with van der Waals surface area (Å²) in [7, 11) is 0. The number of hydrogen-bond donors (Lipinski definition) is 1. The zero-order valence-corrected chi connectivity index (χ0v) is 12.2. The molecule has 2 unspecified atom stereocenters. The number of nitrogens with two attached hydrogens (primary N) is 1. The Labute approximate surface area is 120 Å². The van der Waals surface area contributed by atoms with Gasteiger partial charge in [-0.25, -0.2) is 4.39 Å². The number of fused-ring (bicyclic) bond motifs is 1. The summed E-state index contributed by atoms with van der Waals surface area (Å²) in [6, 6.07) is 5.99. The molecule has 2 saturated heterocycles. The van der Waals surface area contributed by atoms with Crippen molar-refractivity contribution in [2.75, 3.05) is 25.4 Å². The molecule has 3 rings (SSSR count). The van der Waals surface area contributed by atoms with Gasteiger partial charge in [0.25, 0.3) is 0 Å². The number of nitrogen functional groups attached to an aromatic ring is 1. The van der Waals surface area contributed by atoms with E-state index in [1.807, 2.05) is 6.07 Å².